The molecular weight excluding hydrogens is 315 g/mol. The Hall–Kier alpha value is -0.585. The Morgan fingerprint density at radius 2 is 2.04 bits per heavy atom. The average molecular weight is 346 g/mol. The highest BCUT2D eigenvalue weighted by atomic mass is 16.7. The minimum Gasteiger partial charge on any atom is -0.403 e. The molecule has 0 aromatic heterocycles. The maximum atomic E-state index is 12.7. The Morgan fingerprint density at radius 1 is 1.32 bits per heavy atom. The maximum absolute atomic E-state index is 12.7. The molecule has 4 atom stereocenters. The Kier molecular flexibility index (Phi) is 3.07. The highest BCUT2D eigenvalue weighted by Gasteiger charge is 2.89. The second-order valence-electron chi connectivity index (χ2n) is 10.2. The van der Waals surface area contributed by atoms with Crippen LogP contribution in [0.5, 0.6) is 0 Å². The monoisotopic (exact) mass is 346 g/mol. The molecule has 2 N–H and O–H groups in total. The second-order valence-corrected chi connectivity index (χ2v) is 10.2. The van der Waals surface area contributed by atoms with Crippen LogP contribution in [0.3, 0.4) is 0 Å². The molecule has 0 spiro atoms. The van der Waals surface area contributed by atoms with Gasteiger partial charge in [0.25, 0.3) is 0 Å². The van der Waals surface area contributed by atoms with Crippen LogP contribution in [-0.4, -0.2) is 48.2 Å². The first-order valence-corrected chi connectivity index (χ1v) is 10.1. The van der Waals surface area contributed by atoms with E-state index in [0.717, 1.165) is 25.8 Å². The first kappa shape index (κ1) is 16.6. The summed E-state index contributed by atoms with van der Waals surface area (Å²) in [5, 5.41) is 0. The molecule has 8 rings (SSSR count). The van der Waals surface area contributed by atoms with Crippen molar-refractivity contribution in [2.45, 2.75) is 89.9 Å². The maximum Gasteiger partial charge on any atom is 0.481 e. The lowest BCUT2D eigenvalue weighted by atomic mass is 9.16. The van der Waals surface area contributed by atoms with Gasteiger partial charge in [0.1, 0.15) is 0 Å². The molecule has 0 aromatic carbocycles. The molecule has 138 valence electrons. The van der Waals surface area contributed by atoms with Gasteiger partial charge in [-0.25, -0.2) is 0 Å². The molecule has 8 fully saturated rings. The zero-order valence-corrected chi connectivity index (χ0v) is 16.0. The number of hydrogen-bond donors (Lipinski definition) is 1. The molecule has 2 saturated heterocycles. The molecular formula is C19H31BN2O3. The Morgan fingerprint density at radius 3 is 2.68 bits per heavy atom. The van der Waals surface area contributed by atoms with Gasteiger partial charge in [-0.1, -0.05) is 20.8 Å². The standard InChI is InChI=1S/C19H31BN2O3/c1-5-12(21)14(23)22-8-6-7-13(22)20-24-15-17(4,25-20)9-18-10-19(15,11-18)16(18,2)3/h12-13,15H,5-11,21H2,1-4H3/t12?,13?,15?,17-,18?,19?/m0/s1. The lowest BCUT2D eigenvalue weighted by molar-refractivity contribution is -0.422. The van der Waals surface area contributed by atoms with Crippen LogP contribution in [0.4, 0.5) is 0 Å². The Balaban J connectivity index is 1.38. The van der Waals surface area contributed by atoms with E-state index in [1.165, 1.54) is 12.8 Å². The van der Waals surface area contributed by atoms with Gasteiger partial charge in [0.15, 0.2) is 0 Å². The molecule has 0 radical (unpaired) electrons. The van der Waals surface area contributed by atoms with Crippen molar-refractivity contribution < 1.29 is 14.1 Å². The molecule has 1 amide bonds. The molecule has 2 bridgehead atoms. The van der Waals surface area contributed by atoms with Crippen LogP contribution in [-0.2, 0) is 14.1 Å². The summed E-state index contributed by atoms with van der Waals surface area (Å²) < 4.78 is 13.2. The van der Waals surface area contributed by atoms with E-state index < -0.39 is 6.04 Å². The predicted octanol–water partition coefficient (Wildman–Crippen LogP) is 2.13. The van der Waals surface area contributed by atoms with Crippen LogP contribution >= 0.6 is 0 Å². The first-order chi connectivity index (χ1) is 11.7. The molecule has 25 heavy (non-hydrogen) atoms. The zero-order chi connectivity index (χ0) is 17.8. The van der Waals surface area contributed by atoms with E-state index in [4.69, 9.17) is 15.0 Å². The van der Waals surface area contributed by atoms with Gasteiger partial charge < -0.3 is 19.9 Å². The molecule has 5 nitrogen and oxygen atoms in total. The van der Waals surface area contributed by atoms with Crippen LogP contribution in [0.25, 0.3) is 0 Å². The molecule has 0 aromatic rings. The van der Waals surface area contributed by atoms with E-state index in [9.17, 15) is 4.79 Å². The number of amides is 1. The van der Waals surface area contributed by atoms with Crippen molar-refractivity contribution in [2.75, 3.05) is 6.54 Å². The summed E-state index contributed by atoms with van der Waals surface area (Å²) in [6.45, 7) is 9.83. The fourth-order valence-corrected chi connectivity index (χ4v) is 7.27. The summed E-state index contributed by atoms with van der Waals surface area (Å²) in [5.41, 5.74) is 6.97. The van der Waals surface area contributed by atoms with Crippen molar-refractivity contribution in [1.29, 1.82) is 0 Å². The summed E-state index contributed by atoms with van der Waals surface area (Å²) in [5.74, 6) is 0.0850. The van der Waals surface area contributed by atoms with Crippen LogP contribution in [0.2, 0.25) is 0 Å². The van der Waals surface area contributed by atoms with E-state index in [0.29, 0.717) is 22.7 Å². The highest BCUT2D eigenvalue weighted by molar-refractivity contribution is 6.48. The van der Waals surface area contributed by atoms with E-state index in [1.807, 2.05) is 11.8 Å². The lowest BCUT2D eigenvalue weighted by Gasteiger charge is -2.89. The molecule has 8 aliphatic rings. The summed E-state index contributed by atoms with van der Waals surface area (Å²) in [4.78, 5) is 14.6. The van der Waals surface area contributed by atoms with Gasteiger partial charge in [0, 0.05) is 12.0 Å². The van der Waals surface area contributed by atoms with Crippen molar-refractivity contribution in [3.05, 3.63) is 0 Å². The van der Waals surface area contributed by atoms with Gasteiger partial charge in [-0.3, -0.25) is 4.79 Å². The van der Waals surface area contributed by atoms with Gasteiger partial charge in [0.2, 0.25) is 5.91 Å². The largest absolute Gasteiger partial charge is 0.481 e. The number of carbonyl (C=O) groups excluding carboxylic acids is 1. The van der Waals surface area contributed by atoms with Crippen LogP contribution in [0.15, 0.2) is 0 Å². The van der Waals surface area contributed by atoms with Crippen molar-refractivity contribution in [3.8, 4) is 0 Å². The number of nitrogens with zero attached hydrogens (tertiary/aromatic N) is 1. The highest BCUT2D eigenvalue weighted by Crippen LogP contribution is 2.91. The van der Waals surface area contributed by atoms with Crippen molar-refractivity contribution in [3.63, 3.8) is 0 Å². The zero-order valence-electron chi connectivity index (χ0n) is 16.0. The van der Waals surface area contributed by atoms with Crippen molar-refractivity contribution >= 4 is 13.0 Å². The third kappa shape index (κ3) is 1.66. The smallest absolute Gasteiger partial charge is 0.403 e. The van der Waals surface area contributed by atoms with Crippen LogP contribution < -0.4 is 5.73 Å². The summed E-state index contributed by atoms with van der Waals surface area (Å²) in [7, 11) is -0.285. The minimum atomic E-state index is -0.406. The number of nitrogens with two attached hydrogens (primary N) is 1. The predicted molar refractivity (Wildman–Crippen MR) is 95.6 cm³/mol. The summed E-state index contributed by atoms with van der Waals surface area (Å²) in [6.07, 6.45) is 6.52. The second kappa shape index (κ2) is 4.63. The van der Waals surface area contributed by atoms with Crippen LogP contribution in [0.1, 0.15) is 66.2 Å². The van der Waals surface area contributed by atoms with Gasteiger partial charge in [-0.05, 0) is 56.3 Å². The normalized spacial score (nSPS) is 50.1. The average Bonchev–Trinajstić information content (AvgIpc) is 3.15. The summed E-state index contributed by atoms with van der Waals surface area (Å²) in [6, 6.07) is -0.406. The third-order valence-corrected chi connectivity index (χ3v) is 8.93. The number of carbonyl (C=O) groups is 1. The van der Waals surface area contributed by atoms with Crippen molar-refractivity contribution in [1.82, 2.24) is 4.90 Å². The van der Waals surface area contributed by atoms with Gasteiger partial charge in [-0.15, -0.1) is 0 Å². The molecule has 2 aliphatic heterocycles. The van der Waals surface area contributed by atoms with E-state index in [1.54, 1.807) is 0 Å². The fourth-order valence-electron chi connectivity index (χ4n) is 7.27. The topological polar surface area (TPSA) is 64.8 Å². The van der Waals surface area contributed by atoms with Crippen molar-refractivity contribution in [2.24, 2.45) is 22.0 Å². The molecule has 3 unspecified atom stereocenters. The Bertz CT molecular complexity index is 632. The van der Waals surface area contributed by atoms with Gasteiger partial charge >= 0.3 is 7.12 Å². The fraction of sp³-hybridized carbons (Fsp3) is 0.947. The number of likely N-dealkylation sites (tertiary alicyclic amines) is 1. The third-order valence-electron chi connectivity index (χ3n) is 8.93. The molecule has 2 heterocycles. The number of rotatable bonds is 3. The minimum absolute atomic E-state index is 0.0268. The van der Waals surface area contributed by atoms with Gasteiger partial charge in [-0.2, -0.15) is 0 Å². The molecule has 6 aliphatic carbocycles. The molecule has 6 saturated carbocycles. The van der Waals surface area contributed by atoms with Gasteiger partial charge in [0.05, 0.1) is 23.7 Å². The van der Waals surface area contributed by atoms with E-state index in [2.05, 4.69) is 20.8 Å². The van der Waals surface area contributed by atoms with Crippen LogP contribution in [0, 0.1) is 16.2 Å². The Labute approximate surface area is 151 Å². The number of hydrogen-bond acceptors (Lipinski definition) is 4. The quantitative estimate of drug-likeness (QED) is 0.795. The molecule has 6 heteroatoms. The first-order valence-electron chi connectivity index (χ1n) is 10.1. The SMILES string of the molecule is CCC(N)C(=O)N1CCCC1B1OC2C34CC(C3)(C[C@]2(C)O1)C4(C)C. The van der Waals surface area contributed by atoms with E-state index >= 15 is 0 Å². The van der Waals surface area contributed by atoms with E-state index in [-0.39, 0.29) is 30.7 Å². The lowest BCUT2D eigenvalue weighted by Crippen LogP contribution is -2.86. The summed E-state index contributed by atoms with van der Waals surface area (Å²) >= 11 is 0.